The van der Waals surface area contributed by atoms with E-state index in [4.69, 9.17) is 14.2 Å². The van der Waals surface area contributed by atoms with Gasteiger partial charge >= 0.3 is 0 Å². The summed E-state index contributed by atoms with van der Waals surface area (Å²) in [5, 5.41) is 1.99. The lowest BCUT2D eigenvalue weighted by atomic mass is 10.1. The van der Waals surface area contributed by atoms with Crippen molar-refractivity contribution in [1.82, 2.24) is 9.80 Å². The fourth-order valence-electron chi connectivity index (χ4n) is 3.76. The van der Waals surface area contributed by atoms with Gasteiger partial charge in [-0.2, -0.15) is 0 Å². The Balaban J connectivity index is 1.52. The highest BCUT2D eigenvalue weighted by Gasteiger charge is 2.23. The fraction of sp³-hybridized carbons (Fsp3) is 0.308. The molecule has 0 saturated heterocycles. The fourth-order valence-corrected chi connectivity index (χ4v) is 4.48. The highest BCUT2D eigenvalue weighted by Crippen LogP contribution is 2.33. The van der Waals surface area contributed by atoms with Gasteiger partial charge < -0.3 is 24.0 Å². The molecule has 4 rings (SSSR count). The predicted octanol–water partition coefficient (Wildman–Crippen LogP) is 4.18. The first kappa shape index (κ1) is 23.8. The van der Waals surface area contributed by atoms with Crippen molar-refractivity contribution in [2.45, 2.75) is 19.5 Å². The second-order valence-electron chi connectivity index (χ2n) is 7.96. The van der Waals surface area contributed by atoms with Crippen molar-refractivity contribution in [3.63, 3.8) is 0 Å². The summed E-state index contributed by atoms with van der Waals surface area (Å²) in [7, 11) is 1.63. The van der Waals surface area contributed by atoms with Crippen LogP contribution >= 0.6 is 11.3 Å². The number of nitrogens with zero attached hydrogens (tertiary/aromatic N) is 2. The molecule has 2 amide bonds. The number of thiophene rings is 1. The number of rotatable bonds is 11. The summed E-state index contributed by atoms with van der Waals surface area (Å²) in [4.78, 5) is 31.2. The first-order valence-corrected chi connectivity index (χ1v) is 12.0. The molecule has 1 aromatic heterocycles. The maximum absolute atomic E-state index is 13.5. The molecule has 1 aliphatic heterocycles. The zero-order valence-electron chi connectivity index (χ0n) is 19.1. The van der Waals surface area contributed by atoms with E-state index in [1.807, 2.05) is 53.9 Å². The van der Waals surface area contributed by atoms with E-state index >= 15 is 0 Å². The zero-order chi connectivity index (χ0) is 23.8. The summed E-state index contributed by atoms with van der Waals surface area (Å²) >= 11 is 1.60. The van der Waals surface area contributed by atoms with E-state index in [1.54, 1.807) is 40.4 Å². The van der Waals surface area contributed by atoms with E-state index < -0.39 is 0 Å². The Bertz CT molecular complexity index is 1090. The van der Waals surface area contributed by atoms with Crippen molar-refractivity contribution in [1.29, 1.82) is 0 Å². The van der Waals surface area contributed by atoms with Crippen LogP contribution in [0.2, 0.25) is 0 Å². The van der Waals surface area contributed by atoms with Crippen LogP contribution in [0.4, 0.5) is 0 Å². The van der Waals surface area contributed by atoms with Crippen molar-refractivity contribution in [2.24, 2.45) is 0 Å². The molecule has 0 fully saturated rings. The third kappa shape index (κ3) is 6.15. The number of hydrogen-bond donors (Lipinski definition) is 0. The number of carbonyl (C=O) groups excluding carboxylic acids is 2. The van der Waals surface area contributed by atoms with Crippen molar-refractivity contribution in [2.75, 3.05) is 33.6 Å². The first-order chi connectivity index (χ1) is 16.6. The van der Waals surface area contributed by atoms with Crippen LogP contribution in [0, 0.1) is 0 Å². The van der Waals surface area contributed by atoms with Crippen molar-refractivity contribution >= 4 is 23.2 Å². The quantitative estimate of drug-likeness (QED) is 0.385. The van der Waals surface area contributed by atoms with Gasteiger partial charge in [-0.15, -0.1) is 11.3 Å². The second-order valence-corrected chi connectivity index (χ2v) is 8.99. The Labute approximate surface area is 203 Å². The number of ether oxygens (including phenoxy) is 3. The molecule has 0 saturated carbocycles. The van der Waals surface area contributed by atoms with E-state index in [0.29, 0.717) is 49.7 Å². The highest BCUT2D eigenvalue weighted by atomic mass is 32.1. The van der Waals surface area contributed by atoms with Gasteiger partial charge in [-0.25, -0.2) is 0 Å². The molecule has 8 heteroatoms. The van der Waals surface area contributed by atoms with Gasteiger partial charge in [-0.3, -0.25) is 9.59 Å². The van der Waals surface area contributed by atoms with Crippen LogP contribution in [0.15, 0.2) is 66.0 Å². The maximum atomic E-state index is 13.5. The lowest BCUT2D eigenvalue weighted by Crippen LogP contribution is -2.43. The maximum Gasteiger partial charge on any atom is 0.254 e. The topological polar surface area (TPSA) is 68.3 Å². The largest absolute Gasteiger partial charge is 0.454 e. The van der Waals surface area contributed by atoms with Gasteiger partial charge in [0.1, 0.15) is 6.54 Å². The second kappa shape index (κ2) is 11.7. The summed E-state index contributed by atoms with van der Waals surface area (Å²) in [5.74, 6) is 1.11. The van der Waals surface area contributed by atoms with Gasteiger partial charge in [0.2, 0.25) is 12.7 Å². The Morgan fingerprint density at radius 2 is 1.79 bits per heavy atom. The zero-order valence-corrected chi connectivity index (χ0v) is 20.0. The smallest absolute Gasteiger partial charge is 0.254 e. The number of carbonyl (C=O) groups is 2. The normalized spacial score (nSPS) is 11.9. The van der Waals surface area contributed by atoms with E-state index in [-0.39, 0.29) is 25.2 Å². The van der Waals surface area contributed by atoms with Crippen LogP contribution < -0.4 is 9.47 Å². The lowest BCUT2D eigenvalue weighted by molar-refractivity contribution is -0.133. The lowest BCUT2D eigenvalue weighted by Gasteiger charge is -2.28. The van der Waals surface area contributed by atoms with E-state index in [2.05, 4.69) is 0 Å². The van der Waals surface area contributed by atoms with Gasteiger partial charge in [0.25, 0.3) is 5.91 Å². The van der Waals surface area contributed by atoms with E-state index in [1.165, 1.54) is 0 Å². The minimum absolute atomic E-state index is 0.00658. The minimum atomic E-state index is -0.163. The molecule has 34 heavy (non-hydrogen) atoms. The molecule has 3 aromatic rings. The molecule has 0 atom stereocenters. The SMILES string of the molecule is COCCCN(CC(=O)N(Cc1ccc2c(c1)OCO2)Cc1cccs1)C(=O)c1ccccc1. The summed E-state index contributed by atoms with van der Waals surface area (Å²) in [6.45, 7) is 2.02. The molecule has 0 N–H and O–H groups in total. The Hall–Kier alpha value is -3.36. The van der Waals surface area contributed by atoms with Gasteiger partial charge in [0.05, 0.1) is 6.54 Å². The molecule has 2 heterocycles. The molecule has 178 valence electrons. The predicted molar refractivity (Wildman–Crippen MR) is 130 cm³/mol. The molecule has 0 unspecified atom stereocenters. The van der Waals surface area contributed by atoms with Crippen molar-refractivity contribution < 1.29 is 23.8 Å². The summed E-state index contributed by atoms with van der Waals surface area (Å²) in [6, 6.07) is 18.7. The Morgan fingerprint density at radius 3 is 2.56 bits per heavy atom. The monoisotopic (exact) mass is 480 g/mol. The first-order valence-electron chi connectivity index (χ1n) is 11.2. The molecular formula is C26H28N2O5S. The van der Waals surface area contributed by atoms with Gasteiger partial charge in [-0.1, -0.05) is 30.3 Å². The average molecular weight is 481 g/mol. The molecule has 0 bridgehead atoms. The van der Waals surface area contributed by atoms with Crippen LogP contribution in [0.3, 0.4) is 0 Å². The third-order valence-corrected chi connectivity index (χ3v) is 6.36. The molecule has 0 spiro atoms. The van der Waals surface area contributed by atoms with E-state index in [9.17, 15) is 9.59 Å². The third-order valence-electron chi connectivity index (χ3n) is 5.50. The summed E-state index contributed by atoms with van der Waals surface area (Å²) in [6.07, 6.45) is 0.648. The number of amides is 2. The number of hydrogen-bond acceptors (Lipinski definition) is 6. The molecular weight excluding hydrogens is 452 g/mol. The summed E-state index contributed by atoms with van der Waals surface area (Å²) in [5.41, 5.74) is 1.50. The number of methoxy groups -OCH3 is 1. The molecule has 0 aliphatic carbocycles. The van der Waals surface area contributed by atoms with E-state index in [0.717, 1.165) is 10.4 Å². The van der Waals surface area contributed by atoms with Gasteiger partial charge in [0.15, 0.2) is 11.5 Å². The Kier molecular flexibility index (Phi) is 8.17. The minimum Gasteiger partial charge on any atom is -0.454 e. The Morgan fingerprint density at radius 1 is 0.971 bits per heavy atom. The van der Waals surface area contributed by atoms with Crippen LogP contribution in [0.5, 0.6) is 11.5 Å². The number of benzene rings is 2. The van der Waals surface area contributed by atoms with Crippen LogP contribution in [0.25, 0.3) is 0 Å². The molecule has 1 aliphatic rings. The number of fused-ring (bicyclic) bond motifs is 1. The van der Waals surface area contributed by atoms with Crippen LogP contribution in [-0.2, 0) is 22.6 Å². The molecule has 2 aromatic carbocycles. The highest BCUT2D eigenvalue weighted by molar-refractivity contribution is 7.09. The van der Waals surface area contributed by atoms with Gasteiger partial charge in [0, 0.05) is 37.2 Å². The van der Waals surface area contributed by atoms with Crippen LogP contribution in [0.1, 0.15) is 27.2 Å². The van der Waals surface area contributed by atoms with Crippen molar-refractivity contribution in [3.8, 4) is 11.5 Å². The standard InChI is InChI=1S/C26H28N2O5S/c1-31-13-6-12-27(26(30)21-7-3-2-4-8-21)18-25(29)28(17-22-9-5-14-34-22)16-20-10-11-23-24(15-20)33-19-32-23/h2-5,7-11,14-15H,6,12-13,16-19H2,1H3. The van der Waals surface area contributed by atoms with Gasteiger partial charge in [-0.05, 0) is 47.7 Å². The van der Waals surface area contributed by atoms with Crippen LogP contribution in [-0.4, -0.2) is 55.2 Å². The van der Waals surface area contributed by atoms with Crippen molar-refractivity contribution in [3.05, 3.63) is 82.0 Å². The molecule has 0 radical (unpaired) electrons. The summed E-state index contributed by atoms with van der Waals surface area (Å²) < 4.78 is 16.1. The molecule has 7 nitrogen and oxygen atoms in total. The average Bonchev–Trinajstić information content (AvgIpc) is 3.55.